The zero-order valence-corrected chi connectivity index (χ0v) is 28.9. The van der Waals surface area contributed by atoms with Crippen molar-refractivity contribution in [1.29, 1.82) is 0 Å². The third-order valence-corrected chi connectivity index (χ3v) is 15.4. The highest BCUT2D eigenvalue weighted by atomic mass is 16.7. The van der Waals surface area contributed by atoms with Gasteiger partial charge in [-0.05, 0) is 111 Å². The second-order valence-corrected chi connectivity index (χ2v) is 18.1. The molecule has 2 heterocycles. The monoisotopic (exact) mass is 633 g/mol. The summed E-state index contributed by atoms with van der Waals surface area (Å²) in [6.45, 7) is 18.0. The van der Waals surface area contributed by atoms with Crippen LogP contribution in [0.4, 0.5) is 0 Å². The zero-order valence-electron chi connectivity index (χ0n) is 28.9. The van der Waals surface area contributed by atoms with Gasteiger partial charge in [-0.3, -0.25) is 4.79 Å². The Bertz CT molecular complexity index is 1190. The highest BCUT2D eigenvalue weighted by molar-refractivity contribution is 5.66. The normalized spacial score (nSPS) is 52.8. The van der Waals surface area contributed by atoms with E-state index < -0.39 is 29.9 Å². The Hall–Kier alpha value is -0.810. The molecule has 7 aliphatic rings. The van der Waals surface area contributed by atoms with Crippen LogP contribution >= 0.6 is 0 Å². The first-order chi connectivity index (χ1) is 20.9. The predicted molar refractivity (Wildman–Crippen MR) is 166 cm³/mol. The van der Waals surface area contributed by atoms with E-state index in [0.717, 1.165) is 32.1 Å². The van der Waals surface area contributed by atoms with Gasteiger partial charge in [0, 0.05) is 18.9 Å². The van der Waals surface area contributed by atoms with Crippen molar-refractivity contribution in [1.82, 2.24) is 5.06 Å². The van der Waals surface area contributed by atoms with E-state index >= 15 is 0 Å². The van der Waals surface area contributed by atoms with Crippen molar-refractivity contribution in [3.05, 3.63) is 0 Å². The van der Waals surface area contributed by atoms with Crippen LogP contribution in [0.3, 0.4) is 0 Å². The number of ether oxygens (including phenoxy) is 4. The van der Waals surface area contributed by atoms with Gasteiger partial charge >= 0.3 is 5.97 Å². The van der Waals surface area contributed by atoms with Gasteiger partial charge in [-0.25, -0.2) is 0 Å². The Balaban J connectivity index is 1.15. The summed E-state index contributed by atoms with van der Waals surface area (Å²) in [5.41, 5.74) is -1.10. The number of aliphatic hydroxyl groups is 2. The molecule has 9 nitrogen and oxygen atoms in total. The number of aliphatic hydroxyl groups excluding tert-OH is 1. The van der Waals surface area contributed by atoms with Crippen molar-refractivity contribution in [2.45, 2.75) is 149 Å². The van der Waals surface area contributed by atoms with Gasteiger partial charge in [-0.2, -0.15) is 5.06 Å². The molecule has 0 aromatic heterocycles. The Kier molecular flexibility index (Phi) is 7.53. The number of hydroxylamine groups is 2. The first kappa shape index (κ1) is 32.7. The van der Waals surface area contributed by atoms with Crippen LogP contribution < -0.4 is 0 Å². The van der Waals surface area contributed by atoms with E-state index in [9.17, 15) is 20.2 Å². The van der Waals surface area contributed by atoms with Crippen molar-refractivity contribution in [2.75, 3.05) is 19.7 Å². The molecule has 0 amide bonds. The number of carbonyl (C=O) groups is 1. The molecule has 14 atom stereocenters. The quantitative estimate of drug-likeness (QED) is 0.362. The molecule has 3 N–H and O–H groups in total. The third-order valence-electron chi connectivity index (χ3n) is 15.4. The van der Waals surface area contributed by atoms with Gasteiger partial charge in [0.1, 0.15) is 0 Å². The molecule has 256 valence electrons. The summed E-state index contributed by atoms with van der Waals surface area (Å²) in [6.07, 6.45) is 6.11. The van der Waals surface area contributed by atoms with Gasteiger partial charge in [-0.15, -0.1) is 0 Å². The van der Waals surface area contributed by atoms with Crippen LogP contribution in [-0.4, -0.2) is 88.6 Å². The van der Waals surface area contributed by atoms with Crippen molar-refractivity contribution in [3.8, 4) is 0 Å². The van der Waals surface area contributed by atoms with Crippen molar-refractivity contribution < 1.29 is 39.2 Å². The maximum absolute atomic E-state index is 12.5. The van der Waals surface area contributed by atoms with E-state index in [2.05, 4.69) is 34.6 Å². The summed E-state index contributed by atoms with van der Waals surface area (Å²) in [4.78, 5) is 12.1. The fraction of sp³-hybridized carbons (Fsp3) is 0.972. The molecule has 2 spiro atoms. The van der Waals surface area contributed by atoms with E-state index in [4.69, 9.17) is 18.9 Å². The molecule has 9 heteroatoms. The third kappa shape index (κ3) is 4.39. The lowest BCUT2D eigenvalue weighted by Crippen LogP contribution is -2.60. The number of carbonyl (C=O) groups excluding carboxylic acids is 1. The minimum absolute atomic E-state index is 0.00852. The molecule has 2 unspecified atom stereocenters. The fourth-order valence-electron chi connectivity index (χ4n) is 13.5. The molecule has 5 aliphatic carbocycles. The molecular weight excluding hydrogens is 574 g/mol. The SMILES string of the molecule is CC(=O)O[C@@H]([C@H]1C[C@@H](C)C2C(O1)[C@H](O)[C@@]1(C)[C@@H]3CC[C@H]4C(C)(C)[C@@H](O[C@H]5CN(O)CCO5)CC[C@@]45C[C@@]35CC[C@]21C)C(C)(C)O. The van der Waals surface area contributed by atoms with Crippen LogP contribution in [0.1, 0.15) is 107 Å². The molecule has 0 aromatic carbocycles. The van der Waals surface area contributed by atoms with Gasteiger partial charge in [0.05, 0.1) is 43.2 Å². The van der Waals surface area contributed by atoms with Crippen LogP contribution in [0.2, 0.25) is 0 Å². The number of hydrogen-bond acceptors (Lipinski definition) is 9. The van der Waals surface area contributed by atoms with E-state index in [-0.39, 0.29) is 57.4 Å². The first-order valence-corrected chi connectivity index (χ1v) is 17.9. The van der Waals surface area contributed by atoms with Gasteiger partial charge < -0.3 is 34.4 Å². The van der Waals surface area contributed by atoms with E-state index in [1.165, 1.54) is 24.8 Å². The molecule has 7 fully saturated rings. The molecule has 7 rings (SSSR count). The Morgan fingerprint density at radius 3 is 2.40 bits per heavy atom. The molecular formula is C36H59NO8. The summed E-state index contributed by atoms with van der Waals surface area (Å²) in [5.74, 6) is 1.02. The molecule has 2 aliphatic heterocycles. The molecule has 0 bridgehead atoms. The lowest BCUT2D eigenvalue weighted by Gasteiger charge is -2.64. The minimum atomic E-state index is -1.26. The number of morpholine rings is 1. The van der Waals surface area contributed by atoms with Gasteiger partial charge in [0.15, 0.2) is 12.4 Å². The van der Waals surface area contributed by atoms with Crippen LogP contribution in [0.25, 0.3) is 0 Å². The highest BCUT2D eigenvalue weighted by Crippen LogP contribution is 2.89. The van der Waals surface area contributed by atoms with Crippen molar-refractivity contribution in [3.63, 3.8) is 0 Å². The fourth-order valence-corrected chi connectivity index (χ4v) is 13.5. The van der Waals surface area contributed by atoms with Crippen molar-refractivity contribution >= 4 is 5.97 Å². The lowest BCUT2D eigenvalue weighted by molar-refractivity contribution is -0.279. The van der Waals surface area contributed by atoms with Crippen molar-refractivity contribution in [2.24, 2.45) is 50.7 Å². The van der Waals surface area contributed by atoms with Gasteiger partial charge in [0.25, 0.3) is 0 Å². The summed E-state index contributed by atoms with van der Waals surface area (Å²) in [6, 6.07) is 0. The first-order valence-electron chi connectivity index (χ1n) is 17.9. The van der Waals surface area contributed by atoms with E-state index in [0.29, 0.717) is 38.0 Å². The summed E-state index contributed by atoms with van der Waals surface area (Å²) in [7, 11) is 0. The Labute approximate surface area is 269 Å². The molecule has 0 aromatic rings. The molecule has 5 saturated carbocycles. The smallest absolute Gasteiger partial charge is 0.303 e. The average molecular weight is 634 g/mol. The average Bonchev–Trinajstić information content (AvgIpc) is 3.57. The van der Waals surface area contributed by atoms with E-state index in [1.807, 2.05) is 0 Å². The zero-order chi connectivity index (χ0) is 32.5. The number of rotatable bonds is 5. The van der Waals surface area contributed by atoms with Gasteiger partial charge in [-0.1, -0.05) is 34.6 Å². The second-order valence-electron chi connectivity index (χ2n) is 18.1. The largest absolute Gasteiger partial charge is 0.457 e. The number of hydrogen-bond donors (Lipinski definition) is 3. The Morgan fingerprint density at radius 2 is 1.73 bits per heavy atom. The predicted octanol–water partition coefficient (Wildman–Crippen LogP) is 4.94. The standard InChI is InChI=1S/C36H59NO8/c1-20-17-22(30(32(5,6)40)43-21(2)38)44-28-27(20)33(7)13-14-36-19-35(36)12-11-25(45-26-18-37(41)15-16-42-26)31(3,4)23(35)9-10-24(36)34(33,8)29(28)39/h20,22-30,39-41H,9-19H2,1-8H3/t20-,22-,23+,24+,25+,26+,27?,28?,29+,30+,33-,34-,35-,36+/m1/s1. The van der Waals surface area contributed by atoms with Gasteiger partial charge in [0.2, 0.25) is 0 Å². The Morgan fingerprint density at radius 1 is 1.04 bits per heavy atom. The van der Waals surface area contributed by atoms with Crippen LogP contribution in [0.5, 0.6) is 0 Å². The number of nitrogens with zero attached hydrogens (tertiary/aromatic N) is 1. The summed E-state index contributed by atoms with van der Waals surface area (Å²) >= 11 is 0. The minimum Gasteiger partial charge on any atom is -0.457 e. The molecule has 0 radical (unpaired) electrons. The molecule has 45 heavy (non-hydrogen) atoms. The molecule has 2 saturated heterocycles. The topological polar surface area (TPSA) is 118 Å². The second kappa shape index (κ2) is 10.3. The van der Waals surface area contributed by atoms with Crippen LogP contribution in [-0.2, 0) is 23.7 Å². The summed E-state index contributed by atoms with van der Waals surface area (Å²) in [5, 5.41) is 34.9. The summed E-state index contributed by atoms with van der Waals surface area (Å²) < 4.78 is 25.0. The van der Waals surface area contributed by atoms with Crippen LogP contribution in [0.15, 0.2) is 0 Å². The lowest BCUT2D eigenvalue weighted by atomic mass is 9.41. The number of fused-ring (bicyclic) bond motifs is 4. The number of esters is 1. The highest BCUT2D eigenvalue weighted by Gasteiger charge is 2.84. The maximum atomic E-state index is 12.5. The van der Waals surface area contributed by atoms with E-state index in [1.54, 1.807) is 13.8 Å². The maximum Gasteiger partial charge on any atom is 0.303 e. The van der Waals surface area contributed by atoms with Crippen LogP contribution in [0, 0.1) is 50.7 Å².